The summed E-state index contributed by atoms with van der Waals surface area (Å²) in [6, 6.07) is 4.35. The normalized spacial score (nSPS) is 11.3. The van der Waals surface area contributed by atoms with Gasteiger partial charge in [-0.15, -0.1) is 0 Å². The standard InChI is InChI=1S/C25H36N4O/c1-4-5-6-7-8-9-10-11-22-16-23(18-28-14-12-26-20(28)2)25(30)24(17-22)19-29-15-13-27-21(29)3/h12-17,30H,4-11,18-19H2,1-3H3. The van der Waals surface area contributed by atoms with Crippen LogP contribution in [0, 0.1) is 13.8 Å². The second-order valence-electron chi connectivity index (χ2n) is 8.34. The molecule has 1 aromatic carbocycles. The topological polar surface area (TPSA) is 55.9 Å². The first-order chi connectivity index (χ1) is 14.6. The average Bonchev–Trinajstić information content (AvgIpc) is 3.32. The Morgan fingerprint density at radius 2 is 1.27 bits per heavy atom. The molecule has 0 atom stereocenters. The summed E-state index contributed by atoms with van der Waals surface area (Å²) in [6.07, 6.45) is 17.8. The van der Waals surface area contributed by atoms with Crippen molar-refractivity contribution in [1.29, 1.82) is 0 Å². The monoisotopic (exact) mass is 408 g/mol. The fourth-order valence-electron chi connectivity index (χ4n) is 4.01. The molecule has 5 heteroatoms. The Hall–Kier alpha value is -2.56. The van der Waals surface area contributed by atoms with Gasteiger partial charge in [0.1, 0.15) is 17.4 Å². The first-order valence-electron chi connectivity index (χ1n) is 11.4. The lowest BCUT2D eigenvalue weighted by Gasteiger charge is -2.15. The Labute approximate surface area is 180 Å². The molecule has 0 saturated carbocycles. The van der Waals surface area contributed by atoms with Gasteiger partial charge in [-0.1, -0.05) is 57.6 Å². The van der Waals surface area contributed by atoms with E-state index in [0.717, 1.165) is 29.2 Å². The smallest absolute Gasteiger partial charge is 0.125 e. The van der Waals surface area contributed by atoms with Crippen LogP contribution in [0.5, 0.6) is 5.75 Å². The molecular weight excluding hydrogens is 372 g/mol. The van der Waals surface area contributed by atoms with E-state index in [0.29, 0.717) is 18.8 Å². The van der Waals surface area contributed by atoms with Crippen molar-refractivity contribution in [2.45, 2.75) is 85.2 Å². The molecule has 0 amide bonds. The van der Waals surface area contributed by atoms with Gasteiger partial charge >= 0.3 is 0 Å². The number of hydrogen-bond donors (Lipinski definition) is 1. The molecule has 0 aliphatic carbocycles. The zero-order valence-electron chi connectivity index (χ0n) is 18.8. The van der Waals surface area contributed by atoms with E-state index in [9.17, 15) is 5.11 Å². The number of phenols is 1. The maximum Gasteiger partial charge on any atom is 0.125 e. The Morgan fingerprint density at radius 1 is 0.767 bits per heavy atom. The average molecular weight is 409 g/mol. The van der Waals surface area contributed by atoms with Gasteiger partial charge in [0.2, 0.25) is 0 Å². The molecule has 0 saturated heterocycles. The molecule has 1 N–H and O–H groups in total. The predicted octanol–water partition coefficient (Wildman–Crippen LogP) is 5.79. The summed E-state index contributed by atoms with van der Waals surface area (Å²) in [6.45, 7) is 7.53. The van der Waals surface area contributed by atoms with E-state index >= 15 is 0 Å². The predicted molar refractivity (Wildman–Crippen MR) is 122 cm³/mol. The van der Waals surface area contributed by atoms with Crippen molar-refractivity contribution < 1.29 is 5.11 Å². The van der Waals surface area contributed by atoms with Crippen LogP contribution < -0.4 is 0 Å². The lowest BCUT2D eigenvalue weighted by atomic mass is 9.98. The highest BCUT2D eigenvalue weighted by Crippen LogP contribution is 2.28. The highest BCUT2D eigenvalue weighted by Gasteiger charge is 2.13. The van der Waals surface area contributed by atoms with Crippen molar-refractivity contribution in [1.82, 2.24) is 19.1 Å². The first kappa shape index (κ1) is 22.1. The van der Waals surface area contributed by atoms with Gasteiger partial charge in [0, 0.05) is 35.9 Å². The van der Waals surface area contributed by atoms with E-state index in [1.54, 1.807) is 0 Å². The number of nitrogens with zero attached hydrogens (tertiary/aromatic N) is 4. The van der Waals surface area contributed by atoms with Gasteiger partial charge in [-0.05, 0) is 32.3 Å². The van der Waals surface area contributed by atoms with Gasteiger partial charge < -0.3 is 14.2 Å². The van der Waals surface area contributed by atoms with Crippen LogP contribution in [0.15, 0.2) is 36.9 Å². The van der Waals surface area contributed by atoms with E-state index in [2.05, 4.69) is 38.2 Å². The van der Waals surface area contributed by atoms with Crippen LogP contribution in [0.4, 0.5) is 0 Å². The number of aryl methyl sites for hydroxylation is 3. The fourth-order valence-corrected chi connectivity index (χ4v) is 4.01. The second-order valence-corrected chi connectivity index (χ2v) is 8.34. The van der Waals surface area contributed by atoms with Crippen molar-refractivity contribution in [3.8, 4) is 5.75 Å². The number of hydrogen-bond acceptors (Lipinski definition) is 3. The number of phenolic OH excluding ortho intramolecular Hbond substituents is 1. The lowest BCUT2D eigenvalue weighted by Crippen LogP contribution is -2.06. The minimum atomic E-state index is 0.388. The fraction of sp³-hybridized carbons (Fsp3) is 0.520. The zero-order valence-corrected chi connectivity index (χ0v) is 18.8. The molecule has 30 heavy (non-hydrogen) atoms. The molecule has 0 fully saturated rings. The van der Waals surface area contributed by atoms with E-state index < -0.39 is 0 Å². The summed E-state index contributed by atoms with van der Waals surface area (Å²) in [5, 5.41) is 11.0. The Morgan fingerprint density at radius 3 is 1.73 bits per heavy atom. The van der Waals surface area contributed by atoms with E-state index in [4.69, 9.17) is 0 Å². The Balaban J connectivity index is 1.74. The molecule has 2 heterocycles. The van der Waals surface area contributed by atoms with Crippen molar-refractivity contribution in [2.24, 2.45) is 0 Å². The Bertz CT molecular complexity index is 862. The number of rotatable bonds is 12. The van der Waals surface area contributed by atoms with Gasteiger partial charge in [-0.3, -0.25) is 0 Å². The number of benzene rings is 1. The molecule has 3 aromatic rings. The Kier molecular flexibility index (Phi) is 8.12. The lowest BCUT2D eigenvalue weighted by molar-refractivity contribution is 0.455. The SMILES string of the molecule is CCCCCCCCCc1cc(Cn2ccnc2C)c(O)c(Cn2ccnc2C)c1. The third-order valence-corrected chi connectivity index (χ3v) is 5.93. The minimum absolute atomic E-state index is 0.388. The molecule has 0 spiro atoms. The van der Waals surface area contributed by atoms with E-state index in [-0.39, 0.29) is 0 Å². The first-order valence-corrected chi connectivity index (χ1v) is 11.4. The van der Waals surface area contributed by atoms with Crippen LogP contribution in [0.3, 0.4) is 0 Å². The summed E-state index contributed by atoms with van der Waals surface area (Å²) in [5.41, 5.74) is 3.23. The number of aromatic hydroxyl groups is 1. The third kappa shape index (κ3) is 5.97. The third-order valence-electron chi connectivity index (χ3n) is 5.93. The van der Waals surface area contributed by atoms with Gasteiger partial charge in [0.15, 0.2) is 0 Å². The second kappa shape index (κ2) is 11.0. The van der Waals surface area contributed by atoms with Crippen molar-refractivity contribution >= 4 is 0 Å². The summed E-state index contributed by atoms with van der Waals surface area (Å²) in [4.78, 5) is 8.64. The molecule has 0 aliphatic rings. The molecular formula is C25H36N4O. The molecule has 162 valence electrons. The maximum absolute atomic E-state index is 11.0. The molecule has 0 aliphatic heterocycles. The summed E-state index contributed by atoms with van der Waals surface area (Å²) >= 11 is 0. The van der Waals surface area contributed by atoms with Crippen LogP contribution >= 0.6 is 0 Å². The van der Waals surface area contributed by atoms with Gasteiger partial charge in [0.25, 0.3) is 0 Å². The van der Waals surface area contributed by atoms with Gasteiger partial charge in [-0.2, -0.15) is 0 Å². The van der Waals surface area contributed by atoms with Crippen molar-refractivity contribution in [3.05, 3.63) is 65.3 Å². The molecule has 0 unspecified atom stereocenters. The van der Waals surface area contributed by atoms with Crippen LogP contribution in [0.2, 0.25) is 0 Å². The van der Waals surface area contributed by atoms with Crippen LogP contribution in [0.1, 0.15) is 80.2 Å². The number of imidazole rings is 2. The maximum atomic E-state index is 11.0. The molecule has 2 aromatic heterocycles. The molecule has 5 nitrogen and oxygen atoms in total. The largest absolute Gasteiger partial charge is 0.507 e. The molecule has 0 radical (unpaired) electrons. The molecule has 0 bridgehead atoms. The number of aromatic nitrogens is 4. The quantitative estimate of drug-likeness (QED) is 0.386. The van der Waals surface area contributed by atoms with Crippen LogP contribution in [0.25, 0.3) is 0 Å². The number of unbranched alkanes of at least 4 members (excludes halogenated alkanes) is 6. The highest BCUT2D eigenvalue weighted by atomic mass is 16.3. The van der Waals surface area contributed by atoms with Crippen molar-refractivity contribution in [2.75, 3.05) is 0 Å². The summed E-state index contributed by atoms with van der Waals surface area (Å²) in [7, 11) is 0. The zero-order chi connectivity index (χ0) is 21.3. The van der Waals surface area contributed by atoms with Gasteiger partial charge in [-0.25, -0.2) is 9.97 Å². The van der Waals surface area contributed by atoms with E-state index in [1.165, 1.54) is 50.5 Å². The van der Waals surface area contributed by atoms with Gasteiger partial charge in [0.05, 0.1) is 13.1 Å². The highest BCUT2D eigenvalue weighted by molar-refractivity contribution is 5.44. The minimum Gasteiger partial charge on any atom is -0.507 e. The molecule has 3 rings (SSSR count). The van der Waals surface area contributed by atoms with Crippen LogP contribution in [-0.2, 0) is 19.5 Å². The summed E-state index contributed by atoms with van der Waals surface area (Å²) < 4.78 is 4.16. The van der Waals surface area contributed by atoms with Crippen molar-refractivity contribution in [3.63, 3.8) is 0 Å². The van der Waals surface area contributed by atoms with E-state index in [1.807, 2.05) is 38.6 Å². The summed E-state index contributed by atoms with van der Waals surface area (Å²) in [5.74, 6) is 2.30. The van der Waals surface area contributed by atoms with Crippen LogP contribution in [-0.4, -0.2) is 24.2 Å².